The molecule has 0 aliphatic heterocycles. The van der Waals surface area contributed by atoms with Crippen molar-refractivity contribution in [3.63, 3.8) is 0 Å². The Labute approximate surface area is 134 Å². The third-order valence-electron chi connectivity index (χ3n) is 3.76. The van der Waals surface area contributed by atoms with Crippen LogP contribution in [-0.4, -0.2) is 15.0 Å². The second-order valence-corrected chi connectivity index (χ2v) is 7.48. The van der Waals surface area contributed by atoms with Gasteiger partial charge < -0.3 is 0 Å². The van der Waals surface area contributed by atoms with Crippen LogP contribution in [-0.2, 0) is 0 Å². The molecule has 0 bridgehead atoms. The zero-order valence-electron chi connectivity index (χ0n) is 11.8. The van der Waals surface area contributed by atoms with E-state index >= 15 is 0 Å². The number of rotatable bonds is 2. The molecule has 4 aromatic rings. The molecule has 0 atom stereocenters. The molecule has 0 aromatic heterocycles. The third-order valence-corrected chi connectivity index (χ3v) is 6.17. The number of hydrogen-bond acceptors (Lipinski definition) is 0. The second kappa shape index (κ2) is 5.57. The Kier molecular flexibility index (Phi) is 3.42. The van der Waals surface area contributed by atoms with Crippen molar-refractivity contribution < 1.29 is 4.39 Å². The molecule has 0 nitrogen and oxygen atoms in total. The van der Waals surface area contributed by atoms with Crippen molar-refractivity contribution in [2.75, 3.05) is 0 Å². The number of fused-ring (bicyclic) bond motifs is 2. The molecule has 2 heteroatoms. The fourth-order valence-corrected chi connectivity index (χ4v) is 5.01. The van der Waals surface area contributed by atoms with Crippen molar-refractivity contribution in [2.24, 2.45) is 0 Å². The Hall–Kier alpha value is -2.15. The zero-order valence-corrected chi connectivity index (χ0v) is 13.5. The van der Waals surface area contributed by atoms with E-state index in [9.17, 15) is 4.39 Å². The zero-order chi connectivity index (χ0) is 14.9. The standard InChI is InChI=1S/C20H13FSe/c21-16-9-11-17(12-10-16)22-20-18-7-3-1-5-14(18)13-15-6-2-4-8-19(15)20/h1-13H. The first kappa shape index (κ1) is 13.5. The maximum absolute atomic E-state index is 13.1. The molecule has 0 N–H and O–H groups in total. The molecule has 0 unspecified atom stereocenters. The molecule has 0 aliphatic rings. The van der Waals surface area contributed by atoms with Gasteiger partial charge in [-0.2, -0.15) is 0 Å². The van der Waals surface area contributed by atoms with E-state index in [0.29, 0.717) is 0 Å². The van der Waals surface area contributed by atoms with Crippen LogP contribution in [0.1, 0.15) is 0 Å². The molecular weight excluding hydrogens is 338 g/mol. The van der Waals surface area contributed by atoms with Crippen LogP contribution in [0, 0.1) is 5.82 Å². The molecule has 22 heavy (non-hydrogen) atoms. The van der Waals surface area contributed by atoms with E-state index in [1.807, 2.05) is 12.1 Å². The molecule has 106 valence electrons. The second-order valence-electron chi connectivity index (χ2n) is 5.20. The molecule has 0 aliphatic carbocycles. The van der Waals surface area contributed by atoms with Crippen LogP contribution in [0.2, 0.25) is 0 Å². The first-order chi connectivity index (χ1) is 10.8. The van der Waals surface area contributed by atoms with Crippen LogP contribution in [0.5, 0.6) is 0 Å². The summed E-state index contributed by atoms with van der Waals surface area (Å²) >= 11 is 0.147. The van der Waals surface area contributed by atoms with E-state index in [1.165, 1.54) is 30.5 Å². The number of benzene rings is 4. The van der Waals surface area contributed by atoms with Gasteiger partial charge in [0.2, 0.25) is 0 Å². The number of halogens is 1. The van der Waals surface area contributed by atoms with E-state index in [-0.39, 0.29) is 20.8 Å². The van der Waals surface area contributed by atoms with Crippen molar-refractivity contribution in [3.05, 3.63) is 84.7 Å². The molecule has 0 saturated carbocycles. The summed E-state index contributed by atoms with van der Waals surface area (Å²) < 4.78 is 15.7. The summed E-state index contributed by atoms with van der Waals surface area (Å²) in [7, 11) is 0. The summed E-state index contributed by atoms with van der Waals surface area (Å²) in [6.45, 7) is 0. The van der Waals surface area contributed by atoms with Gasteiger partial charge in [-0.1, -0.05) is 0 Å². The van der Waals surface area contributed by atoms with Crippen LogP contribution in [0.3, 0.4) is 0 Å². The summed E-state index contributed by atoms with van der Waals surface area (Å²) in [6.07, 6.45) is 0. The average Bonchev–Trinajstić information content (AvgIpc) is 2.56. The normalized spacial score (nSPS) is 11.1. The maximum atomic E-state index is 13.1. The predicted molar refractivity (Wildman–Crippen MR) is 92.9 cm³/mol. The average molecular weight is 351 g/mol. The Morgan fingerprint density at radius 1 is 0.636 bits per heavy atom. The van der Waals surface area contributed by atoms with E-state index < -0.39 is 0 Å². The van der Waals surface area contributed by atoms with Gasteiger partial charge in [-0.15, -0.1) is 0 Å². The van der Waals surface area contributed by atoms with Crippen molar-refractivity contribution in [2.45, 2.75) is 0 Å². The molecule has 0 radical (unpaired) electrons. The molecule has 0 spiro atoms. The van der Waals surface area contributed by atoms with Gasteiger partial charge in [0.05, 0.1) is 0 Å². The first-order valence-corrected chi connectivity index (χ1v) is 8.86. The van der Waals surface area contributed by atoms with Gasteiger partial charge in [-0.25, -0.2) is 0 Å². The van der Waals surface area contributed by atoms with Crippen molar-refractivity contribution in [3.8, 4) is 0 Å². The van der Waals surface area contributed by atoms with Gasteiger partial charge in [-0.3, -0.25) is 0 Å². The number of hydrogen-bond donors (Lipinski definition) is 0. The molecule has 0 heterocycles. The minimum absolute atomic E-state index is 0.147. The molecule has 0 saturated heterocycles. The van der Waals surface area contributed by atoms with Crippen molar-refractivity contribution in [1.29, 1.82) is 0 Å². The SMILES string of the molecule is Fc1ccc([Se]c2c3ccccc3cc3ccccc23)cc1. The molecular formula is C20H13FSe. The Morgan fingerprint density at radius 2 is 1.18 bits per heavy atom. The summed E-state index contributed by atoms with van der Waals surface area (Å²) in [5, 5.41) is 5.12. The van der Waals surface area contributed by atoms with E-state index in [4.69, 9.17) is 0 Å². The topological polar surface area (TPSA) is 0 Å². The Bertz CT molecular complexity index is 904. The van der Waals surface area contributed by atoms with E-state index in [1.54, 1.807) is 12.1 Å². The fraction of sp³-hybridized carbons (Fsp3) is 0. The van der Waals surface area contributed by atoms with Crippen LogP contribution < -0.4 is 8.92 Å². The summed E-state index contributed by atoms with van der Waals surface area (Å²) in [4.78, 5) is 0. The van der Waals surface area contributed by atoms with Gasteiger partial charge in [0.1, 0.15) is 0 Å². The van der Waals surface area contributed by atoms with Gasteiger partial charge in [0.25, 0.3) is 0 Å². The molecule has 4 aromatic carbocycles. The summed E-state index contributed by atoms with van der Waals surface area (Å²) in [6, 6.07) is 26.1. The van der Waals surface area contributed by atoms with E-state index in [2.05, 4.69) is 54.6 Å². The minimum atomic E-state index is -0.178. The third kappa shape index (κ3) is 2.41. The van der Waals surface area contributed by atoms with Crippen LogP contribution in [0.25, 0.3) is 21.5 Å². The first-order valence-electron chi connectivity index (χ1n) is 7.15. The Morgan fingerprint density at radius 3 is 1.77 bits per heavy atom. The van der Waals surface area contributed by atoms with Crippen LogP contribution >= 0.6 is 0 Å². The van der Waals surface area contributed by atoms with Gasteiger partial charge in [0.15, 0.2) is 0 Å². The van der Waals surface area contributed by atoms with Crippen molar-refractivity contribution in [1.82, 2.24) is 0 Å². The molecule has 0 amide bonds. The molecule has 4 rings (SSSR count). The van der Waals surface area contributed by atoms with Crippen LogP contribution in [0.15, 0.2) is 78.9 Å². The van der Waals surface area contributed by atoms with Gasteiger partial charge in [-0.05, 0) is 0 Å². The Balaban J connectivity index is 1.97. The van der Waals surface area contributed by atoms with Gasteiger partial charge in [0, 0.05) is 0 Å². The predicted octanol–water partition coefficient (Wildman–Crippen LogP) is 3.79. The fourth-order valence-electron chi connectivity index (χ4n) is 2.70. The monoisotopic (exact) mass is 352 g/mol. The van der Waals surface area contributed by atoms with Gasteiger partial charge >= 0.3 is 134 Å². The summed E-state index contributed by atoms with van der Waals surface area (Å²) in [5.41, 5.74) is 0. The van der Waals surface area contributed by atoms with E-state index in [0.717, 1.165) is 0 Å². The quantitative estimate of drug-likeness (QED) is 0.381. The summed E-state index contributed by atoms with van der Waals surface area (Å²) in [5.74, 6) is -0.178. The molecule has 0 fully saturated rings. The van der Waals surface area contributed by atoms with Crippen molar-refractivity contribution >= 4 is 45.4 Å². The van der Waals surface area contributed by atoms with Crippen LogP contribution in [0.4, 0.5) is 4.39 Å².